The fourth-order valence-corrected chi connectivity index (χ4v) is 1.55. The van der Waals surface area contributed by atoms with Gasteiger partial charge < -0.3 is 20.1 Å². The lowest BCUT2D eigenvalue weighted by atomic mass is 10.2. The summed E-state index contributed by atoms with van der Waals surface area (Å²) in [4.78, 5) is 23.7. The summed E-state index contributed by atoms with van der Waals surface area (Å²) in [5.74, 6) is -0.766. The number of para-hydroxylation sites is 1. The van der Waals surface area contributed by atoms with E-state index in [0.717, 1.165) is 5.75 Å². The van der Waals surface area contributed by atoms with E-state index in [4.69, 9.17) is 9.84 Å². The maximum atomic E-state index is 11.7. The van der Waals surface area contributed by atoms with Gasteiger partial charge >= 0.3 is 12.0 Å². The molecule has 6 nitrogen and oxygen atoms in total. The Morgan fingerprint density at radius 2 is 2.00 bits per heavy atom. The van der Waals surface area contributed by atoms with Crippen LogP contribution < -0.4 is 10.1 Å². The number of benzene rings is 1. The third-order valence-electron chi connectivity index (χ3n) is 2.71. The molecule has 1 unspecified atom stereocenters. The quantitative estimate of drug-likeness (QED) is 0.740. The lowest BCUT2D eigenvalue weighted by Crippen LogP contribution is -2.42. The lowest BCUT2D eigenvalue weighted by molar-refractivity contribution is -0.141. The van der Waals surface area contributed by atoms with Crippen molar-refractivity contribution in [3.05, 3.63) is 30.3 Å². The van der Waals surface area contributed by atoms with Crippen LogP contribution in [0.5, 0.6) is 5.75 Å². The van der Waals surface area contributed by atoms with Crippen LogP contribution in [0.15, 0.2) is 30.3 Å². The van der Waals surface area contributed by atoms with Crippen LogP contribution in [0.3, 0.4) is 0 Å². The predicted octanol–water partition coefficient (Wildman–Crippen LogP) is 1.43. The number of ether oxygens (including phenoxy) is 1. The van der Waals surface area contributed by atoms with Crippen LogP contribution in [0.25, 0.3) is 0 Å². The number of carboxylic acids is 1. The minimum atomic E-state index is -0.919. The Labute approximate surface area is 118 Å². The van der Waals surface area contributed by atoms with Gasteiger partial charge in [0.25, 0.3) is 0 Å². The second-order valence-corrected chi connectivity index (χ2v) is 4.51. The van der Waals surface area contributed by atoms with E-state index >= 15 is 0 Å². The van der Waals surface area contributed by atoms with Crippen LogP contribution in [-0.4, -0.2) is 48.8 Å². The van der Waals surface area contributed by atoms with E-state index in [1.54, 1.807) is 14.0 Å². The second-order valence-electron chi connectivity index (χ2n) is 4.51. The molecular weight excluding hydrogens is 260 g/mol. The fraction of sp³-hybridized carbons (Fsp3) is 0.429. The largest absolute Gasteiger partial charge is 0.492 e. The van der Waals surface area contributed by atoms with Crippen LogP contribution in [0, 0.1) is 5.92 Å². The molecular formula is C14H20N2O4. The van der Waals surface area contributed by atoms with Gasteiger partial charge in [0.15, 0.2) is 0 Å². The summed E-state index contributed by atoms with van der Waals surface area (Å²) in [7, 11) is 1.56. The molecule has 0 spiro atoms. The van der Waals surface area contributed by atoms with Crippen molar-refractivity contribution in [1.29, 1.82) is 0 Å². The second kappa shape index (κ2) is 8.04. The van der Waals surface area contributed by atoms with Gasteiger partial charge in [-0.05, 0) is 12.1 Å². The van der Waals surface area contributed by atoms with Gasteiger partial charge in [0, 0.05) is 13.6 Å². The van der Waals surface area contributed by atoms with Crippen LogP contribution in [0.4, 0.5) is 4.79 Å². The predicted molar refractivity (Wildman–Crippen MR) is 74.8 cm³/mol. The van der Waals surface area contributed by atoms with Crippen molar-refractivity contribution < 1.29 is 19.4 Å². The molecule has 0 bridgehead atoms. The first-order valence-corrected chi connectivity index (χ1v) is 6.40. The van der Waals surface area contributed by atoms with Gasteiger partial charge in [-0.15, -0.1) is 0 Å². The first kappa shape index (κ1) is 15.8. The molecule has 0 aliphatic heterocycles. The molecule has 0 heterocycles. The molecule has 2 N–H and O–H groups in total. The van der Waals surface area contributed by atoms with Crippen molar-refractivity contribution in [3.8, 4) is 5.75 Å². The lowest BCUT2D eigenvalue weighted by Gasteiger charge is -2.20. The van der Waals surface area contributed by atoms with E-state index in [-0.39, 0.29) is 12.6 Å². The Balaban J connectivity index is 2.21. The molecule has 1 aromatic rings. The van der Waals surface area contributed by atoms with E-state index in [2.05, 4.69) is 5.32 Å². The summed E-state index contributed by atoms with van der Waals surface area (Å²) >= 11 is 0. The third-order valence-corrected chi connectivity index (χ3v) is 2.71. The Morgan fingerprint density at radius 1 is 1.35 bits per heavy atom. The van der Waals surface area contributed by atoms with Gasteiger partial charge in [-0.3, -0.25) is 4.79 Å². The van der Waals surface area contributed by atoms with Crippen molar-refractivity contribution in [3.63, 3.8) is 0 Å². The number of aliphatic carboxylic acids is 1. The molecule has 0 saturated carbocycles. The summed E-state index contributed by atoms with van der Waals surface area (Å²) in [6.07, 6.45) is 0. The molecule has 0 aliphatic rings. The molecule has 2 amide bonds. The van der Waals surface area contributed by atoms with E-state index < -0.39 is 11.9 Å². The molecule has 0 radical (unpaired) electrons. The SMILES string of the molecule is CC(CN(C)C(=O)NCCOc1ccccc1)C(=O)O. The summed E-state index contributed by atoms with van der Waals surface area (Å²) in [5.41, 5.74) is 0. The molecule has 1 atom stereocenters. The summed E-state index contributed by atoms with van der Waals surface area (Å²) in [6.45, 7) is 2.45. The van der Waals surface area contributed by atoms with Gasteiger partial charge in [0.1, 0.15) is 12.4 Å². The maximum Gasteiger partial charge on any atom is 0.317 e. The highest BCUT2D eigenvalue weighted by Crippen LogP contribution is 2.07. The van der Waals surface area contributed by atoms with Crippen LogP contribution >= 0.6 is 0 Å². The number of nitrogens with one attached hydrogen (secondary N) is 1. The number of amides is 2. The molecule has 110 valence electrons. The average Bonchev–Trinajstić information content (AvgIpc) is 2.44. The maximum absolute atomic E-state index is 11.7. The van der Waals surface area contributed by atoms with Gasteiger partial charge in [0.05, 0.1) is 12.5 Å². The van der Waals surface area contributed by atoms with Crippen molar-refractivity contribution in [2.75, 3.05) is 26.7 Å². The number of hydrogen-bond donors (Lipinski definition) is 2. The van der Waals surface area contributed by atoms with Crippen molar-refractivity contribution in [1.82, 2.24) is 10.2 Å². The highest BCUT2D eigenvalue weighted by Gasteiger charge is 2.16. The molecule has 20 heavy (non-hydrogen) atoms. The molecule has 6 heteroatoms. The summed E-state index contributed by atoms with van der Waals surface area (Å²) in [6, 6.07) is 9.00. The van der Waals surface area contributed by atoms with Gasteiger partial charge in [-0.1, -0.05) is 25.1 Å². The number of rotatable bonds is 7. The normalized spacial score (nSPS) is 11.5. The summed E-state index contributed by atoms with van der Waals surface area (Å²) in [5, 5.41) is 11.4. The molecule has 0 saturated heterocycles. The van der Waals surface area contributed by atoms with Crippen molar-refractivity contribution in [2.24, 2.45) is 5.92 Å². The summed E-state index contributed by atoms with van der Waals surface area (Å²) < 4.78 is 5.43. The molecule has 0 fully saturated rings. The minimum Gasteiger partial charge on any atom is -0.492 e. The standard InChI is InChI=1S/C14H20N2O4/c1-11(13(17)18)10-16(2)14(19)15-8-9-20-12-6-4-3-5-7-12/h3-7,11H,8-10H2,1-2H3,(H,15,19)(H,17,18). The highest BCUT2D eigenvalue weighted by molar-refractivity contribution is 5.75. The third kappa shape index (κ3) is 5.60. The number of carboxylic acid groups (broad SMARTS) is 1. The Bertz CT molecular complexity index is 436. The first-order valence-electron chi connectivity index (χ1n) is 6.40. The Kier molecular flexibility index (Phi) is 6.36. The van der Waals surface area contributed by atoms with Crippen molar-refractivity contribution >= 4 is 12.0 Å². The number of nitrogens with zero attached hydrogens (tertiary/aromatic N) is 1. The molecule has 0 aromatic heterocycles. The number of hydrogen-bond acceptors (Lipinski definition) is 3. The number of carbonyl (C=O) groups excluding carboxylic acids is 1. The van der Waals surface area contributed by atoms with E-state index in [1.165, 1.54) is 4.90 Å². The zero-order valence-corrected chi connectivity index (χ0v) is 11.7. The van der Waals surface area contributed by atoms with Crippen LogP contribution in [0.2, 0.25) is 0 Å². The van der Waals surface area contributed by atoms with Crippen LogP contribution in [-0.2, 0) is 4.79 Å². The smallest absolute Gasteiger partial charge is 0.317 e. The molecule has 1 rings (SSSR count). The minimum absolute atomic E-state index is 0.167. The van der Waals surface area contributed by atoms with Gasteiger partial charge in [-0.2, -0.15) is 0 Å². The first-order chi connectivity index (χ1) is 9.50. The van der Waals surface area contributed by atoms with E-state index in [0.29, 0.717) is 13.2 Å². The number of urea groups is 1. The highest BCUT2D eigenvalue weighted by atomic mass is 16.5. The monoisotopic (exact) mass is 280 g/mol. The molecule has 0 aliphatic carbocycles. The average molecular weight is 280 g/mol. The van der Waals surface area contributed by atoms with E-state index in [1.807, 2.05) is 30.3 Å². The van der Waals surface area contributed by atoms with Crippen molar-refractivity contribution in [2.45, 2.75) is 6.92 Å². The Morgan fingerprint density at radius 3 is 2.60 bits per heavy atom. The zero-order chi connectivity index (χ0) is 15.0. The molecule has 1 aromatic carbocycles. The Hall–Kier alpha value is -2.24. The van der Waals surface area contributed by atoms with Crippen LogP contribution in [0.1, 0.15) is 6.92 Å². The topological polar surface area (TPSA) is 78.9 Å². The zero-order valence-electron chi connectivity index (χ0n) is 11.7. The van der Waals surface area contributed by atoms with E-state index in [9.17, 15) is 9.59 Å². The van der Waals surface area contributed by atoms with Gasteiger partial charge in [0.2, 0.25) is 0 Å². The fourth-order valence-electron chi connectivity index (χ4n) is 1.55. The number of carbonyl (C=O) groups is 2. The van der Waals surface area contributed by atoms with Gasteiger partial charge in [-0.25, -0.2) is 4.79 Å².